The van der Waals surface area contributed by atoms with Crippen molar-refractivity contribution in [2.24, 2.45) is 9.98 Å². The van der Waals surface area contributed by atoms with E-state index >= 15 is 0 Å². The van der Waals surface area contributed by atoms with Crippen LogP contribution in [0.3, 0.4) is 0 Å². The van der Waals surface area contributed by atoms with E-state index in [1.165, 1.54) is 36.0 Å². The van der Waals surface area contributed by atoms with E-state index in [9.17, 15) is 24.9 Å². The first kappa shape index (κ1) is 35.2. The van der Waals surface area contributed by atoms with E-state index in [2.05, 4.69) is 9.98 Å². The van der Waals surface area contributed by atoms with E-state index in [0.717, 1.165) is 5.56 Å². The van der Waals surface area contributed by atoms with Crippen molar-refractivity contribution in [1.82, 2.24) is 0 Å². The van der Waals surface area contributed by atoms with Crippen LogP contribution in [0.25, 0.3) is 0 Å². The smallest absolute Gasteiger partial charge is 0.548 e. The van der Waals surface area contributed by atoms with Crippen LogP contribution < -0.4 is 69.3 Å². The number of aliphatic carboxylic acids is 2. The van der Waals surface area contributed by atoms with Gasteiger partial charge in [0.1, 0.15) is 5.75 Å². The minimum Gasteiger partial charge on any atom is -0.548 e. The standard InChI is InChI=1S/C22H32N2O5S2.2Na/c1-22(2,3)16-10-14(12-23-17(20(26)27)6-8-30-4)19(25)15(11-16)13-24-18(21(28)29)7-9-31-5;;/h10-13,17-18,25H,6-9H2,1-5H3,(H,26,27)(H,28,29);;/q;2*+1/p-2/t17-,18-;;/m0../s1. The minimum atomic E-state index is -1.27. The van der Waals surface area contributed by atoms with Gasteiger partial charge in [0.05, 0.1) is 24.0 Å². The van der Waals surface area contributed by atoms with Crippen molar-refractivity contribution < 1.29 is 84.0 Å². The van der Waals surface area contributed by atoms with Crippen molar-refractivity contribution >= 4 is 47.9 Å². The summed E-state index contributed by atoms with van der Waals surface area (Å²) in [6.45, 7) is 5.98. The van der Waals surface area contributed by atoms with Gasteiger partial charge >= 0.3 is 59.1 Å². The van der Waals surface area contributed by atoms with Gasteiger partial charge in [-0.25, -0.2) is 0 Å². The second-order valence-corrected chi connectivity index (χ2v) is 10.0. The van der Waals surface area contributed by atoms with Crippen LogP contribution in [0, 0.1) is 0 Å². The van der Waals surface area contributed by atoms with Crippen LogP contribution >= 0.6 is 23.5 Å². The normalized spacial score (nSPS) is 13.4. The molecular formula is C22H30N2Na2O5S2. The molecule has 172 valence electrons. The van der Waals surface area contributed by atoms with E-state index in [1.54, 1.807) is 12.1 Å². The van der Waals surface area contributed by atoms with Gasteiger partial charge in [-0.05, 0) is 60.0 Å². The number of aromatic hydroxyl groups is 1. The molecule has 0 radical (unpaired) electrons. The third-order valence-corrected chi connectivity index (χ3v) is 5.84. The van der Waals surface area contributed by atoms with Gasteiger partial charge in [-0.1, -0.05) is 20.8 Å². The number of phenols is 1. The Morgan fingerprint density at radius 1 is 0.939 bits per heavy atom. The predicted molar refractivity (Wildman–Crippen MR) is 126 cm³/mol. The molecule has 11 heteroatoms. The summed E-state index contributed by atoms with van der Waals surface area (Å²) in [5.41, 5.74) is 1.24. The SMILES string of the molecule is CSCC[C@H](N=Cc1cc(C(C)(C)C)cc(C=N[C@@H](CCSC)C(=O)[O-])c1O)C(=O)[O-].[Na+].[Na+]. The Kier molecular flexibility index (Phi) is 18.6. The molecule has 0 spiro atoms. The average Bonchev–Trinajstić information content (AvgIpc) is 2.68. The van der Waals surface area contributed by atoms with E-state index in [1.807, 2.05) is 33.3 Å². The number of benzene rings is 1. The number of carbonyl (C=O) groups excluding carboxylic acids is 2. The van der Waals surface area contributed by atoms with Gasteiger partial charge < -0.3 is 24.9 Å². The van der Waals surface area contributed by atoms with Crippen LogP contribution in [0.1, 0.15) is 50.3 Å². The molecule has 0 aliphatic carbocycles. The number of hydrogen-bond donors (Lipinski definition) is 1. The van der Waals surface area contributed by atoms with Crippen LogP contribution in [0.5, 0.6) is 5.75 Å². The third kappa shape index (κ3) is 12.5. The maximum atomic E-state index is 11.4. The van der Waals surface area contributed by atoms with Crippen LogP contribution in [0.15, 0.2) is 22.1 Å². The zero-order valence-electron chi connectivity index (χ0n) is 20.6. The fraction of sp³-hybridized carbons (Fsp3) is 0.545. The van der Waals surface area contributed by atoms with Crippen molar-refractivity contribution in [3.05, 3.63) is 28.8 Å². The first-order valence-electron chi connectivity index (χ1n) is 9.84. The first-order valence-corrected chi connectivity index (χ1v) is 12.6. The maximum Gasteiger partial charge on any atom is 1.00 e. The van der Waals surface area contributed by atoms with Gasteiger partial charge in [-0.3, -0.25) is 9.98 Å². The molecule has 7 nitrogen and oxygen atoms in total. The molecule has 0 aromatic heterocycles. The van der Waals surface area contributed by atoms with Gasteiger partial charge in [0, 0.05) is 23.6 Å². The summed E-state index contributed by atoms with van der Waals surface area (Å²) >= 11 is 3.02. The van der Waals surface area contributed by atoms with Gasteiger partial charge in [0.15, 0.2) is 0 Å². The Morgan fingerprint density at radius 2 is 1.30 bits per heavy atom. The summed E-state index contributed by atoms with van der Waals surface area (Å²) in [5.74, 6) is -1.47. The number of carbonyl (C=O) groups is 2. The molecule has 0 saturated carbocycles. The molecule has 1 aromatic rings. The van der Waals surface area contributed by atoms with Crippen molar-refractivity contribution in [2.75, 3.05) is 24.0 Å². The number of carboxylic acids is 2. The number of rotatable bonds is 12. The number of hydrogen-bond acceptors (Lipinski definition) is 9. The number of carboxylic acid groups (broad SMARTS) is 2. The van der Waals surface area contributed by atoms with Crippen LogP contribution in [-0.4, -0.2) is 65.6 Å². The van der Waals surface area contributed by atoms with E-state index in [0.29, 0.717) is 35.5 Å². The minimum absolute atomic E-state index is 0. The first-order chi connectivity index (χ1) is 14.5. The fourth-order valence-electron chi connectivity index (χ4n) is 2.62. The molecule has 0 aliphatic rings. The maximum absolute atomic E-state index is 11.4. The van der Waals surface area contributed by atoms with Crippen molar-refractivity contribution in [3.63, 3.8) is 0 Å². The Labute approximate surface area is 249 Å². The molecule has 33 heavy (non-hydrogen) atoms. The molecule has 0 unspecified atom stereocenters. The quantitative estimate of drug-likeness (QED) is 0.220. The number of aliphatic imine (C=N–C) groups is 2. The second-order valence-electron chi connectivity index (χ2n) is 8.04. The fourth-order valence-corrected chi connectivity index (χ4v) is 3.53. The van der Waals surface area contributed by atoms with Gasteiger partial charge in [0.25, 0.3) is 0 Å². The second kappa shape index (κ2) is 17.4. The molecule has 0 aliphatic heterocycles. The summed E-state index contributed by atoms with van der Waals surface area (Å²) in [4.78, 5) is 30.9. The van der Waals surface area contributed by atoms with Crippen molar-refractivity contribution in [3.8, 4) is 5.75 Å². The summed E-state index contributed by atoms with van der Waals surface area (Å²) in [6, 6.07) is 1.44. The number of thioether (sulfide) groups is 2. The monoisotopic (exact) mass is 512 g/mol. The summed E-state index contributed by atoms with van der Waals surface area (Å²) in [6.07, 6.45) is 7.03. The number of nitrogens with zero attached hydrogens (tertiary/aromatic N) is 2. The zero-order valence-corrected chi connectivity index (χ0v) is 26.2. The molecule has 2 atom stereocenters. The van der Waals surface area contributed by atoms with Crippen molar-refractivity contribution in [2.45, 2.75) is 51.1 Å². The van der Waals surface area contributed by atoms with E-state index in [4.69, 9.17) is 0 Å². The van der Waals surface area contributed by atoms with Gasteiger partial charge in [-0.15, -0.1) is 0 Å². The molecular weight excluding hydrogens is 482 g/mol. The van der Waals surface area contributed by atoms with E-state index in [-0.39, 0.29) is 70.3 Å². The third-order valence-electron chi connectivity index (χ3n) is 4.56. The summed E-state index contributed by atoms with van der Waals surface area (Å²) in [5, 5.41) is 33.4. The van der Waals surface area contributed by atoms with Gasteiger partial charge in [-0.2, -0.15) is 23.5 Å². The molecule has 1 aromatic carbocycles. The average molecular weight is 513 g/mol. The van der Waals surface area contributed by atoms with E-state index < -0.39 is 24.0 Å². The Morgan fingerprint density at radius 3 is 1.58 bits per heavy atom. The summed E-state index contributed by atoms with van der Waals surface area (Å²) in [7, 11) is 0. The van der Waals surface area contributed by atoms with Crippen LogP contribution in [-0.2, 0) is 15.0 Å². The summed E-state index contributed by atoms with van der Waals surface area (Å²) < 4.78 is 0. The Balaban J connectivity index is 0. The Hall–Kier alpha value is 0. The molecule has 0 bridgehead atoms. The largest absolute Gasteiger partial charge is 1.00 e. The van der Waals surface area contributed by atoms with Gasteiger partial charge in [0.2, 0.25) is 0 Å². The van der Waals surface area contributed by atoms with Crippen LogP contribution in [0.2, 0.25) is 0 Å². The molecule has 0 amide bonds. The Bertz CT molecular complexity index is 772. The molecule has 0 fully saturated rings. The predicted octanol–water partition coefficient (Wildman–Crippen LogP) is -4.72. The molecule has 0 saturated heterocycles. The molecule has 1 N–H and O–H groups in total. The zero-order chi connectivity index (χ0) is 23.6. The topological polar surface area (TPSA) is 125 Å². The van der Waals surface area contributed by atoms with Crippen molar-refractivity contribution in [1.29, 1.82) is 0 Å². The number of phenolic OH excluding ortho intramolecular Hbond substituents is 1. The molecule has 1 rings (SSSR count). The van der Waals surface area contributed by atoms with Crippen LogP contribution in [0.4, 0.5) is 0 Å². The molecule has 0 heterocycles.